The first-order valence-corrected chi connectivity index (χ1v) is 7.24. The Labute approximate surface area is 125 Å². The van der Waals surface area contributed by atoms with Crippen molar-refractivity contribution in [3.05, 3.63) is 67.8 Å². The van der Waals surface area contributed by atoms with Crippen LogP contribution in [0.5, 0.6) is 0 Å². The number of halogens is 1. The van der Waals surface area contributed by atoms with E-state index in [0.717, 1.165) is 25.8 Å². The van der Waals surface area contributed by atoms with Gasteiger partial charge in [0, 0.05) is 14.7 Å². The third kappa shape index (κ3) is 2.32. The number of hydrogen-bond acceptors (Lipinski definition) is 2. The molecule has 0 fully saturated rings. The third-order valence-electron chi connectivity index (χ3n) is 3.42. The summed E-state index contributed by atoms with van der Waals surface area (Å²) in [6, 6.07) is 11.7. The highest BCUT2D eigenvalue weighted by atomic mass is 127. The fraction of sp³-hybridized carbons (Fsp3) is 0.188. The van der Waals surface area contributed by atoms with Gasteiger partial charge in [0.2, 0.25) is 0 Å². The van der Waals surface area contributed by atoms with Gasteiger partial charge in [-0.25, -0.2) is 0 Å². The zero-order valence-corrected chi connectivity index (χ0v) is 12.7. The predicted molar refractivity (Wildman–Crippen MR) is 82.3 cm³/mol. The highest BCUT2D eigenvalue weighted by Crippen LogP contribution is 2.24. The lowest BCUT2D eigenvalue weighted by Gasteiger charge is -2.07. The van der Waals surface area contributed by atoms with Crippen molar-refractivity contribution in [3.63, 3.8) is 0 Å². The van der Waals surface area contributed by atoms with E-state index >= 15 is 0 Å². The number of rotatable bonds is 2. The molecule has 0 aromatic heterocycles. The Morgan fingerprint density at radius 2 is 1.95 bits per heavy atom. The second kappa shape index (κ2) is 5.06. The van der Waals surface area contributed by atoms with Gasteiger partial charge in [-0.3, -0.25) is 4.79 Å². The molecular weight excluding hydrogens is 351 g/mol. The summed E-state index contributed by atoms with van der Waals surface area (Å²) in [5, 5.41) is 0. The molecule has 0 saturated heterocycles. The normalized spacial score (nSPS) is 13.4. The van der Waals surface area contributed by atoms with E-state index in [-0.39, 0.29) is 5.78 Å². The van der Waals surface area contributed by atoms with Crippen molar-refractivity contribution >= 4 is 28.4 Å². The van der Waals surface area contributed by atoms with Gasteiger partial charge in [-0.05, 0) is 58.3 Å². The van der Waals surface area contributed by atoms with E-state index in [1.54, 1.807) is 0 Å². The molecule has 0 unspecified atom stereocenters. The van der Waals surface area contributed by atoms with Gasteiger partial charge in [-0.15, -0.1) is 0 Å². The number of carbonyl (C=O) groups excluding carboxylic acids is 1. The second-order valence-corrected chi connectivity index (χ2v) is 5.82. The fourth-order valence-corrected chi connectivity index (χ4v) is 2.90. The maximum absolute atomic E-state index is 12.6. The highest BCUT2D eigenvalue weighted by molar-refractivity contribution is 14.1. The molecule has 0 aliphatic carbocycles. The molecule has 2 nitrogen and oxygen atoms in total. The number of hydrogen-bond donors (Lipinski definition) is 0. The number of fused-ring (bicyclic) bond motifs is 1. The molecule has 19 heavy (non-hydrogen) atoms. The predicted octanol–water partition coefficient (Wildman–Crippen LogP) is 3.86. The summed E-state index contributed by atoms with van der Waals surface area (Å²) < 4.78 is 6.41. The monoisotopic (exact) mass is 364 g/mol. The molecule has 0 atom stereocenters. The molecule has 3 rings (SSSR count). The smallest absolute Gasteiger partial charge is 0.194 e. The maximum atomic E-state index is 12.6. The molecule has 2 aromatic carbocycles. The molecule has 2 aromatic rings. The lowest BCUT2D eigenvalue weighted by molar-refractivity contribution is 0.103. The van der Waals surface area contributed by atoms with Crippen molar-refractivity contribution in [1.82, 2.24) is 0 Å². The third-order valence-corrected chi connectivity index (χ3v) is 4.85. The van der Waals surface area contributed by atoms with E-state index in [2.05, 4.69) is 22.6 Å². The average molecular weight is 364 g/mol. The van der Waals surface area contributed by atoms with Crippen LogP contribution in [0.15, 0.2) is 36.4 Å². The number of aryl methyl sites for hydroxylation is 1. The quantitative estimate of drug-likeness (QED) is 0.598. The lowest BCUT2D eigenvalue weighted by Crippen LogP contribution is -2.05. The number of carbonyl (C=O) groups is 1. The Morgan fingerprint density at radius 1 is 1.16 bits per heavy atom. The average Bonchev–Trinajstić information content (AvgIpc) is 2.88. The van der Waals surface area contributed by atoms with E-state index in [1.807, 2.05) is 43.3 Å². The zero-order valence-electron chi connectivity index (χ0n) is 10.6. The van der Waals surface area contributed by atoms with Crippen LogP contribution in [0.4, 0.5) is 0 Å². The standard InChI is InChI=1S/C16H13IO2/c1-10-3-2-4-14(15(10)17)16(18)11-5-6-12-8-19-9-13(12)7-11/h2-7H,8-9H2,1H3. The molecule has 1 aliphatic heterocycles. The summed E-state index contributed by atoms with van der Waals surface area (Å²) in [5.41, 5.74) is 4.98. The van der Waals surface area contributed by atoms with Gasteiger partial charge in [0.1, 0.15) is 0 Å². The first-order valence-electron chi connectivity index (χ1n) is 6.16. The summed E-state index contributed by atoms with van der Waals surface area (Å²) >= 11 is 2.24. The van der Waals surface area contributed by atoms with E-state index in [1.165, 1.54) is 5.56 Å². The Morgan fingerprint density at radius 3 is 2.79 bits per heavy atom. The summed E-state index contributed by atoms with van der Waals surface area (Å²) in [4.78, 5) is 12.6. The maximum Gasteiger partial charge on any atom is 0.194 e. The SMILES string of the molecule is Cc1cccc(C(=O)c2ccc3c(c2)COC3)c1I. The minimum atomic E-state index is 0.0859. The molecule has 0 N–H and O–H groups in total. The minimum Gasteiger partial charge on any atom is -0.372 e. The summed E-state index contributed by atoms with van der Waals surface area (Å²) in [6.07, 6.45) is 0. The molecule has 96 valence electrons. The van der Waals surface area contributed by atoms with Crippen molar-refractivity contribution in [1.29, 1.82) is 0 Å². The molecule has 1 heterocycles. The summed E-state index contributed by atoms with van der Waals surface area (Å²) in [7, 11) is 0. The van der Waals surface area contributed by atoms with Gasteiger partial charge in [-0.1, -0.05) is 24.3 Å². The Balaban J connectivity index is 2.02. The van der Waals surface area contributed by atoms with Gasteiger partial charge in [0.15, 0.2) is 5.78 Å². The van der Waals surface area contributed by atoms with Crippen LogP contribution in [0.3, 0.4) is 0 Å². The molecular formula is C16H13IO2. The van der Waals surface area contributed by atoms with E-state index in [4.69, 9.17) is 4.74 Å². The molecule has 0 amide bonds. The first kappa shape index (κ1) is 12.8. The van der Waals surface area contributed by atoms with Crippen LogP contribution >= 0.6 is 22.6 Å². The van der Waals surface area contributed by atoms with Gasteiger partial charge < -0.3 is 4.74 Å². The van der Waals surface area contributed by atoms with Crippen LogP contribution in [0.25, 0.3) is 0 Å². The van der Waals surface area contributed by atoms with Crippen molar-refractivity contribution in [3.8, 4) is 0 Å². The van der Waals surface area contributed by atoms with Crippen LogP contribution in [-0.4, -0.2) is 5.78 Å². The van der Waals surface area contributed by atoms with Gasteiger partial charge in [-0.2, -0.15) is 0 Å². The van der Waals surface area contributed by atoms with Crippen molar-refractivity contribution in [2.45, 2.75) is 20.1 Å². The molecule has 0 spiro atoms. The van der Waals surface area contributed by atoms with E-state index in [0.29, 0.717) is 13.2 Å². The van der Waals surface area contributed by atoms with E-state index in [9.17, 15) is 4.79 Å². The Hall–Kier alpha value is -1.20. The highest BCUT2D eigenvalue weighted by Gasteiger charge is 2.17. The largest absolute Gasteiger partial charge is 0.372 e. The van der Waals surface area contributed by atoms with Crippen LogP contribution < -0.4 is 0 Å². The van der Waals surface area contributed by atoms with Crippen LogP contribution in [0.2, 0.25) is 0 Å². The Bertz CT molecular complexity index is 662. The number of benzene rings is 2. The van der Waals surface area contributed by atoms with Crippen molar-refractivity contribution < 1.29 is 9.53 Å². The molecule has 0 radical (unpaired) electrons. The Kier molecular flexibility index (Phi) is 3.41. The lowest BCUT2D eigenvalue weighted by atomic mass is 9.98. The van der Waals surface area contributed by atoms with Gasteiger partial charge in [0.25, 0.3) is 0 Å². The van der Waals surface area contributed by atoms with Crippen LogP contribution in [0, 0.1) is 10.5 Å². The molecule has 0 bridgehead atoms. The number of ether oxygens (including phenoxy) is 1. The number of ketones is 1. The van der Waals surface area contributed by atoms with E-state index < -0.39 is 0 Å². The fourth-order valence-electron chi connectivity index (χ4n) is 2.29. The second-order valence-electron chi connectivity index (χ2n) is 4.74. The van der Waals surface area contributed by atoms with Crippen LogP contribution in [0.1, 0.15) is 32.6 Å². The zero-order chi connectivity index (χ0) is 13.4. The minimum absolute atomic E-state index is 0.0859. The summed E-state index contributed by atoms with van der Waals surface area (Å²) in [6.45, 7) is 3.29. The van der Waals surface area contributed by atoms with Gasteiger partial charge in [0.05, 0.1) is 13.2 Å². The van der Waals surface area contributed by atoms with Crippen molar-refractivity contribution in [2.75, 3.05) is 0 Å². The molecule has 0 saturated carbocycles. The molecule has 1 aliphatic rings. The molecule has 3 heteroatoms. The van der Waals surface area contributed by atoms with Crippen molar-refractivity contribution in [2.24, 2.45) is 0 Å². The summed E-state index contributed by atoms with van der Waals surface area (Å²) in [5.74, 6) is 0.0859. The topological polar surface area (TPSA) is 26.3 Å². The van der Waals surface area contributed by atoms with Gasteiger partial charge >= 0.3 is 0 Å². The first-order chi connectivity index (χ1) is 9.16. The van der Waals surface area contributed by atoms with Crippen LogP contribution in [-0.2, 0) is 18.0 Å².